The largest absolute Gasteiger partial charge is 0.369 e. The van der Waals surface area contributed by atoms with E-state index in [9.17, 15) is 9.59 Å². The molecule has 0 saturated carbocycles. The maximum Gasteiger partial charge on any atom is 0.290 e. The number of amides is 2. The lowest BCUT2D eigenvalue weighted by molar-refractivity contribution is -0.115. The van der Waals surface area contributed by atoms with E-state index in [1.165, 1.54) is 0 Å². The third-order valence-corrected chi connectivity index (χ3v) is 5.17. The van der Waals surface area contributed by atoms with Crippen LogP contribution >= 0.6 is 27.7 Å². The molecule has 5 nitrogen and oxygen atoms in total. The predicted octanol–water partition coefficient (Wildman–Crippen LogP) is 2.70. The first kappa shape index (κ1) is 15.6. The molecule has 2 aliphatic rings. The van der Waals surface area contributed by atoms with Crippen molar-refractivity contribution in [3.05, 3.63) is 33.1 Å². The number of nitrogens with one attached hydrogen (secondary N) is 1. The van der Waals surface area contributed by atoms with Gasteiger partial charge in [0, 0.05) is 29.2 Å². The van der Waals surface area contributed by atoms with Crippen molar-refractivity contribution < 1.29 is 9.59 Å². The minimum absolute atomic E-state index is 0.159. The second-order valence-corrected chi connectivity index (χ2v) is 7.25. The number of hydrogen-bond acceptors (Lipinski definition) is 5. The number of halogens is 1. The molecule has 22 heavy (non-hydrogen) atoms. The maximum atomic E-state index is 11.7. The third-order valence-electron chi connectivity index (χ3n) is 3.72. The molecule has 0 aromatic heterocycles. The van der Waals surface area contributed by atoms with Crippen molar-refractivity contribution in [3.8, 4) is 0 Å². The zero-order valence-electron chi connectivity index (χ0n) is 11.8. The van der Waals surface area contributed by atoms with Crippen molar-refractivity contribution in [3.63, 3.8) is 0 Å². The normalized spacial score (nSPS) is 24.0. The molecule has 3 N–H and O–H groups in total. The number of hydrogen-bond donors (Lipinski definition) is 2. The van der Waals surface area contributed by atoms with Crippen molar-refractivity contribution in [1.29, 1.82) is 0 Å². The minimum atomic E-state index is -0.337. The molecule has 0 radical (unpaired) electrons. The summed E-state index contributed by atoms with van der Waals surface area (Å²) in [6.07, 6.45) is 3.85. The highest BCUT2D eigenvalue weighted by Gasteiger charge is 2.26. The molecule has 1 aromatic rings. The van der Waals surface area contributed by atoms with Crippen LogP contribution in [0.25, 0.3) is 6.08 Å². The van der Waals surface area contributed by atoms with Crippen molar-refractivity contribution in [2.45, 2.75) is 18.9 Å². The monoisotopic (exact) mass is 381 g/mol. The number of rotatable bonds is 2. The molecule has 2 fully saturated rings. The van der Waals surface area contributed by atoms with Crippen LogP contribution in [0.5, 0.6) is 0 Å². The van der Waals surface area contributed by atoms with Gasteiger partial charge < -0.3 is 10.6 Å². The highest BCUT2D eigenvalue weighted by Crippen LogP contribution is 2.35. The fourth-order valence-corrected chi connectivity index (χ4v) is 4.06. The molecular formula is C15H16BrN3O2S. The van der Waals surface area contributed by atoms with Crippen LogP contribution in [0.2, 0.25) is 0 Å². The van der Waals surface area contributed by atoms with Crippen LogP contribution in [0.4, 0.5) is 10.5 Å². The Balaban J connectivity index is 1.98. The smallest absolute Gasteiger partial charge is 0.290 e. The summed E-state index contributed by atoms with van der Waals surface area (Å²) in [7, 11) is 0. The zero-order valence-corrected chi connectivity index (χ0v) is 14.2. The first-order valence-electron chi connectivity index (χ1n) is 7.08. The van der Waals surface area contributed by atoms with E-state index in [0.717, 1.165) is 53.4 Å². The van der Waals surface area contributed by atoms with Gasteiger partial charge in [0.25, 0.3) is 11.1 Å². The van der Waals surface area contributed by atoms with Crippen molar-refractivity contribution in [1.82, 2.24) is 5.32 Å². The number of para-hydroxylation sites is 1. The Morgan fingerprint density at radius 2 is 2.23 bits per heavy atom. The number of imide groups is 1. The van der Waals surface area contributed by atoms with Gasteiger partial charge in [-0.25, -0.2) is 0 Å². The summed E-state index contributed by atoms with van der Waals surface area (Å²) in [6.45, 7) is 1.72. The van der Waals surface area contributed by atoms with Crippen molar-refractivity contribution in [2.24, 2.45) is 5.73 Å². The molecule has 1 aromatic carbocycles. The van der Waals surface area contributed by atoms with Crippen LogP contribution < -0.4 is 16.0 Å². The van der Waals surface area contributed by atoms with E-state index in [0.29, 0.717) is 4.91 Å². The number of thioether (sulfide) groups is 1. The van der Waals surface area contributed by atoms with E-state index >= 15 is 0 Å². The van der Waals surface area contributed by atoms with Gasteiger partial charge in [-0.1, -0.05) is 12.1 Å². The number of nitrogens with two attached hydrogens (primary N) is 1. The summed E-state index contributed by atoms with van der Waals surface area (Å²) in [6, 6.07) is 6.00. The minimum Gasteiger partial charge on any atom is -0.369 e. The number of carbonyl (C=O) groups excluding carboxylic acids is 2. The van der Waals surface area contributed by atoms with Crippen LogP contribution in [0.15, 0.2) is 27.6 Å². The summed E-state index contributed by atoms with van der Waals surface area (Å²) in [5.74, 6) is -0.337. The number of nitrogens with zero attached hydrogens (tertiary/aromatic N) is 1. The van der Waals surface area contributed by atoms with Gasteiger partial charge in [-0.15, -0.1) is 0 Å². The fourth-order valence-electron chi connectivity index (χ4n) is 2.76. The Hall–Kier alpha value is -1.31. The second-order valence-electron chi connectivity index (χ2n) is 5.38. The Morgan fingerprint density at radius 1 is 1.41 bits per heavy atom. The average molecular weight is 382 g/mol. The van der Waals surface area contributed by atoms with E-state index < -0.39 is 0 Å². The third kappa shape index (κ3) is 3.21. The molecule has 0 bridgehead atoms. The summed E-state index contributed by atoms with van der Waals surface area (Å²) >= 11 is 4.53. The Morgan fingerprint density at radius 3 is 2.91 bits per heavy atom. The van der Waals surface area contributed by atoms with Gasteiger partial charge in [-0.05, 0) is 52.7 Å². The first-order chi connectivity index (χ1) is 10.5. The molecule has 1 unspecified atom stereocenters. The van der Waals surface area contributed by atoms with Gasteiger partial charge in [0.05, 0.1) is 10.6 Å². The van der Waals surface area contributed by atoms with Gasteiger partial charge >= 0.3 is 0 Å². The number of piperidine rings is 1. The fraction of sp³-hybridized carbons (Fsp3) is 0.333. The second kappa shape index (κ2) is 6.44. The standard InChI is InChI=1S/C15H16BrN3O2S/c16-11-5-1-3-9(7-12-14(20)18-15(21)22-12)13(11)19-6-2-4-10(17)8-19/h1,3,5,7,10H,2,4,6,8,17H2,(H,18,20,21)/b12-7+. The van der Waals surface area contributed by atoms with Gasteiger partial charge in [0.15, 0.2) is 0 Å². The molecule has 2 heterocycles. The van der Waals surface area contributed by atoms with Gasteiger partial charge in [-0.3, -0.25) is 14.9 Å². The van der Waals surface area contributed by atoms with Crippen LogP contribution in [0, 0.1) is 0 Å². The molecule has 3 rings (SSSR count). The lowest BCUT2D eigenvalue weighted by atomic mass is 10.0. The molecule has 1 atom stereocenters. The Bertz CT molecular complexity index is 662. The molecule has 2 saturated heterocycles. The summed E-state index contributed by atoms with van der Waals surface area (Å²) < 4.78 is 0.964. The summed E-state index contributed by atoms with van der Waals surface area (Å²) in [4.78, 5) is 25.7. The van der Waals surface area contributed by atoms with Crippen LogP contribution in [0.1, 0.15) is 18.4 Å². The summed E-state index contributed by atoms with van der Waals surface area (Å²) in [5, 5.41) is 1.95. The van der Waals surface area contributed by atoms with Gasteiger partial charge in [0.1, 0.15) is 0 Å². The topological polar surface area (TPSA) is 75.4 Å². The molecular weight excluding hydrogens is 366 g/mol. The lowest BCUT2D eigenvalue weighted by Gasteiger charge is -2.34. The predicted molar refractivity (Wildman–Crippen MR) is 92.7 cm³/mol. The number of carbonyl (C=O) groups is 2. The van der Waals surface area contributed by atoms with E-state index in [4.69, 9.17) is 5.73 Å². The van der Waals surface area contributed by atoms with Gasteiger partial charge in [-0.2, -0.15) is 0 Å². The van der Waals surface area contributed by atoms with E-state index in [1.54, 1.807) is 6.08 Å². The van der Waals surface area contributed by atoms with Gasteiger partial charge in [0.2, 0.25) is 0 Å². The molecule has 2 amide bonds. The zero-order chi connectivity index (χ0) is 15.7. The van der Waals surface area contributed by atoms with Crippen LogP contribution in [-0.4, -0.2) is 30.3 Å². The molecule has 0 spiro atoms. The summed E-state index contributed by atoms with van der Waals surface area (Å²) in [5.41, 5.74) is 8.02. The van der Waals surface area contributed by atoms with Crippen molar-refractivity contribution >= 4 is 50.6 Å². The molecule has 116 valence electrons. The highest BCUT2D eigenvalue weighted by atomic mass is 79.9. The Labute approximate surface area is 141 Å². The van der Waals surface area contributed by atoms with E-state index in [-0.39, 0.29) is 17.2 Å². The quantitative estimate of drug-likeness (QED) is 0.770. The lowest BCUT2D eigenvalue weighted by Crippen LogP contribution is -2.43. The maximum absolute atomic E-state index is 11.7. The first-order valence-corrected chi connectivity index (χ1v) is 8.69. The van der Waals surface area contributed by atoms with Crippen LogP contribution in [0.3, 0.4) is 0 Å². The number of benzene rings is 1. The molecule has 7 heteroatoms. The average Bonchev–Trinajstić information content (AvgIpc) is 2.77. The molecule has 2 aliphatic heterocycles. The highest BCUT2D eigenvalue weighted by molar-refractivity contribution is 9.10. The Kier molecular flexibility index (Phi) is 4.56. The van der Waals surface area contributed by atoms with Crippen molar-refractivity contribution in [2.75, 3.05) is 18.0 Å². The molecule has 0 aliphatic carbocycles. The SMILES string of the molecule is NC1CCCN(c2c(Br)cccc2/C=C2/SC(=O)NC2=O)C1. The van der Waals surface area contributed by atoms with Crippen LogP contribution in [-0.2, 0) is 4.79 Å². The van der Waals surface area contributed by atoms with E-state index in [2.05, 4.69) is 26.1 Å². The van der Waals surface area contributed by atoms with E-state index in [1.807, 2.05) is 18.2 Å². The number of anilines is 1.